The zero-order valence-corrected chi connectivity index (χ0v) is 15.9. The Hall–Kier alpha value is 0.140. The zero-order chi connectivity index (χ0) is 15.7. The molecule has 3 heteroatoms. The molecule has 3 atom stereocenters. The summed E-state index contributed by atoms with van der Waals surface area (Å²) >= 11 is 3.87. The molecule has 2 aliphatic rings. The largest absolute Gasteiger partial charge is 0.346 e. The number of hydrogen-bond acceptors (Lipinski definition) is 2. The molecule has 0 amide bonds. The Labute approximate surface area is 138 Å². The summed E-state index contributed by atoms with van der Waals surface area (Å²) in [4.78, 5) is 0.184. The van der Waals surface area contributed by atoms with Gasteiger partial charge in [-0.3, -0.25) is 0 Å². The van der Waals surface area contributed by atoms with Crippen LogP contribution in [0.5, 0.6) is 0 Å². The van der Waals surface area contributed by atoms with E-state index < -0.39 is 5.79 Å². The summed E-state index contributed by atoms with van der Waals surface area (Å²) in [5.74, 6) is -0.458. The predicted octanol–water partition coefficient (Wildman–Crippen LogP) is 5.60. The topological polar surface area (TPSA) is 18.5 Å². The van der Waals surface area contributed by atoms with Gasteiger partial charge in [0.05, 0.1) is 17.5 Å². The molecule has 1 heterocycles. The highest BCUT2D eigenvalue weighted by Gasteiger charge is 2.53. The van der Waals surface area contributed by atoms with Crippen molar-refractivity contribution in [2.45, 2.75) is 89.9 Å². The number of unbranched alkanes of at least 4 members (excludes halogenated alkanes) is 3. The highest BCUT2D eigenvalue weighted by atomic mass is 79.9. The third kappa shape index (κ3) is 3.56. The lowest BCUT2D eigenvalue weighted by Crippen LogP contribution is -2.49. The molecule has 2 nitrogen and oxygen atoms in total. The highest BCUT2D eigenvalue weighted by Crippen LogP contribution is 2.52. The van der Waals surface area contributed by atoms with Gasteiger partial charge in [-0.25, -0.2) is 0 Å². The van der Waals surface area contributed by atoms with Crippen LogP contribution in [0.15, 0.2) is 11.1 Å². The summed E-state index contributed by atoms with van der Waals surface area (Å²) < 4.78 is 12.3. The van der Waals surface area contributed by atoms with E-state index in [0.717, 1.165) is 6.42 Å². The van der Waals surface area contributed by atoms with E-state index in [2.05, 4.69) is 50.5 Å². The first-order valence-electron chi connectivity index (χ1n) is 8.48. The zero-order valence-electron chi connectivity index (χ0n) is 14.3. The van der Waals surface area contributed by atoms with E-state index in [0.29, 0.717) is 6.61 Å². The summed E-state index contributed by atoms with van der Waals surface area (Å²) in [7, 11) is 0. The van der Waals surface area contributed by atoms with Crippen molar-refractivity contribution in [1.82, 2.24) is 0 Å². The quantitative estimate of drug-likeness (QED) is 0.361. The minimum atomic E-state index is -0.458. The molecule has 122 valence electrons. The second-order valence-electron chi connectivity index (χ2n) is 7.45. The van der Waals surface area contributed by atoms with Gasteiger partial charge in [-0.05, 0) is 32.1 Å². The molecule has 0 radical (unpaired) electrons. The lowest BCUT2D eigenvalue weighted by Gasteiger charge is -2.46. The molecule has 3 unspecified atom stereocenters. The third-order valence-corrected chi connectivity index (χ3v) is 6.38. The van der Waals surface area contributed by atoms with Gasteiger partial charge in [0.2, 0.25) is 0 Å². The second-order valence-corrected chi connectivity index (χ2v) is 8.36. The van der Waals surface area contributed by atoms with Crippen molar-refractivity contribution in [3.63, 3.8) is 0 Å². The lowest BCUT2D eigenvalue weighted by atomic mass is 9.68. The number of rotatable bonds is 5. The van der Waals surface area contributed by atoms with Crippen LogP contribution in [0.4, 0.5) is 0 Å². The van der Waals surface area contributed by atoms with Gasteiger partial charge < -0.3 is 9.47 Å². The second kappa shape index (κ2) is 6.72. The Balaban J connectivity index is 2.16. The summed E-state index contributed by atoms with van der Waals surface area (Å²) in [5.41, 5.74) is 3.19. The number of halogens is 1. The van der Waals surface area contributed by atoms with E-state index in [1.807, 2.05) is 0 Å². The van der Waals surface area contributed by atoms with Gasteiger partial charge in [0.15, 0.2) is 5.79 Å². The SMILES string of the molecule is CCCCCCC1=C(C)C(Br)C2(CC1(C)C)OCC(C)O2. The summed E-state index contributed by atoms with van der Waals surface area (Å²) in [5, 5.41) is 0. The molecule has 1 fully saturated rings. The van der Waals surface area contributed by atoms with E-state index in [-0.39, 0.29) is 16.3 Å². The number of ether oxygens (including phenoxy) is 2. The molecule has 2 rings (SSSR count). The number of allylic oxidation sites excluding steroid dienone is 1. The Morgan fingerprint density at radius 1 is 1.24 bits per heavy atom. The average molecular weight is 359 g/mol. The molecule has 0 saturated carbocycles. The molecule has 21 heavy (non-hydrogen) atoms. The number of hydrogen-bond donors (Lipinski definition) is 0. The molecule has 0 aromatic rings. The number of alkyl halides is 1. The lowest BCUT2D eigenvalue weighted by molar-refractivity contribution is -0.182. The summed E-state index contributed by atoms with van der Waals surface area (Å²) in [6, 6.07) is 0. The van der Waals surface area contributed by atoms with Gasteiger partial charge in [-0.2, -0.15) is 0 Å². The van der Waals surface area contributed by atoms with Crippen molar-refractivity contribution in [3.8, 4) is 0 Å². The van der Waals surface area contributed by atoms with Crippen LogP contribution in [0.1, 0.15) is 73.1 Å². The van der Waals surface area contributed by atoms with Gasteiger partial charge in [0, 0.05) is 6.42 Å². The van der Waals surface area contributed by atoms with Crippen LogP contribution >= 0.6 is 15.9 Å². The standard InChI is InChI=1S/C18H31BrO2/c1-6-7-8-9-10-15-14(3)16(19)18(12-17(15,4)5)20-11-13(2)21-18/h13,16H,6-12H2,1-5H3. The molecule has 0 aromatic carbocycles. The minimum absolute atomic E-state index is 0.157. The van der Waals surface area contributed by atoms with Crippen molar-refractivity contribution in [2.24, 2.45) is 5.41 Å². The van der Waals surface area contributed by atoms with Gasteiger partial charge in [0.1, 0.15) is 0 Å². The van der Waals surface area contributed by atoms with Crippen molar-refractivity contribution >= 4 is 15.9 Å². The van der Waals surface area contributed by atoms with Crippen LogP contribution in [0, 0.1) is 5.41 Å². The van der Waals surface area contributed by atoms with Gasteiger partial charge in [0.25, 0.3) is 0 Å². The maximum absolute atomic E-state index is 6.20. The van der Waals surface area contributed by atoms with Crippen LogP contribution in [0.2, 0.25) is 0 Å². The Kier molecular flexibility index (Phi) is 5.60. The van der Waals surface area contributed by atoms with Crippen LogP contribution < -0.4 is 0 Å². The third-order valence-electron chi connectivity index (χ3n) is 4.99. The van der Waals surface area contributed by atoms with Crippen LogP contribution in [-0.2, 0) is 9.47 Å². The molecule has 0 N–H and O–H groups in total. The summed E-state index contributed by atoms with van der Waals surface area (Å²) in [6.45, 7) is 12.0. The minimum Gasteiger partial charge on any atom is -0.346 e. The fraction of sp³-hybridized carbons (Fsp3) is 0.889. The monoisotopic (exact) mass is 358 g/mol. The Morgan fingerprint density at radius 2 is 1.95 bits per heavy atom. The molecular formula is C18H31BrO2. The van der Waals surface area contributed by atoms with Crippen molar-refractivity contribution in [3.05, 3.63) is 11.1 Å². The van der Waals surface area contributed by atoms with Crippen LogP contribution in [0.25, 0.3) is 0 Å². The van der Waals surface area contributed by atoms with Crippen molar-refractivity contribution in [2.75, 3.05) is 6.61 Å². The van der Waals surface area contributed by atoms with E-state index in [4.69, 9.17) is 9.47 Å². The first-order valence-corrected chi connectivity index (χ1v) is 9.40. The fourth-order valence-electron chi connectivity index (χ4n) is 3.99. The highest BCUT2D eigenvalue weighted by molar-refractivity contribution is 9.09. The van der Waals surface area contributed by atoms with Gasteiger partial charge in [-0.15, -0.1) is 0 Å². The molecular weight excluding hydrogens is 328 g/mol. The first-order chi connectivity index (χ1) is 9.82. The molecule has 1 saturated heterocycles. The predicted molar refractivity (Wildman–Crippen MR) is 91.8 cm³/mol. The Bertz CT molecular complexity index is 402. The van der Waals surface area contributed by atoms with Gasteiger partial charge >= 0.3 is 0 Å². The average Bonchev–Trinajstić information content (AvgIpc) is 2.77. The smallest absolute Gasteiger partial charge is 0.185 e. The molecule has 1 aliphatic carbocycles. The molecule has 1 aliphatic heterocycles. The van der Waals surface area contributed by atoms with E-state index in [9.17, 15) is 0 Å². The van der Waals surface area contributed by atoms with E-state index in [1.54, 1.807) is 5.57 Å². The van der Waals surface area contributed by atoms with Crippen molar-refractivity contribution < 1.29 is 9.47 Å². The van der Waals surface area contributed by atoms with Gasteiger partial charge in [-0.1, -0.05) is 67.1 Å². The maximum atomic E-state index is 6.20. The molecule has 0 bridgehead atoms. The van der Waals surface area contributed by atoms with Crippen molar-refractivity contribution in [1.29, 1.82) is 0 Å². The van der Waals surface area contributed by atoms with E-state index in [1.165, 1.54) is 37.7 Å². The van der Waals surface area contributed by atoms with Crippen LogP contribution in [0.3, 0.4) is 0 Å². The van der Waals surface area contributed by atoms with E-state index >= 15 is 0 Å². The summed E-state index contributed by atoms with van der Waals surface area (Å²) in [6.07, 6.45) is 7.64. The van der Waals surface area contributed by atoms with Crippen LogP contribution in [-0.4, -0.2) is 23.3 Å². The first kappa shape index (κ1) is 17.5. The Morgan fingerprint density at radius 3 is 2.52 bits per heavy atom. The fourth-order valence-corrected chi connectivity index (χ4v) is 4.66. The molecule has 1 spiro atoms. The molecule has 0 aromatic heterocycles. The maximum Gasteiger partial charge on any atom is 0.185 e. The normalized spacial score (nSPS) is 35.7.